The largest absolute Gasteiger partial charge is 0.477 e. The molecule has 0 aliphatic carbocycles. The number of piperidine rings is 1. The Bertz CT molecular complexity index is 491. The predicted octanol–water partition coefficient (Wildman–Crippen LogP) is 1.90. The zero-order valence-electron chi connectivity index (χ0n) is 11.2. The minimum atomic E-state index is -1.12. The molecular formula is C14H18N2O3. The summed E-state index contributed by atoms with van der Waals surface area (Å²) in [6, 6.07) is 2.91. The van der Waals surface area contributed by atoms with Gasteiger partial charge in [-0.3, -0.25) is 4.79 Å². The number of carboxylic acid groups (broad SMARTS) is 1. The van der Waals surface area contributed by atoms with Gasteiger partial charge < -0.3 is 10.0 Å². The van der Waals surface area contributed by atoms with Crippen molar-refractivity contribution in [3.8, 4) is 0 Å². The lowest BCUT2D eigenvalue weighted by atomic mass is 9.91. The van der Waals surface area contributed by atoms with Crippen molar-refractivity contribution in [1.82, 2.24) is 9.88 Å². The minimum Gasteiger partial charge on any atom is -0.477 e. The highest BCUT2D eigenvalue weighted by Crippen LogP contribution is 2.22. The van der Waals surface area contributed by atoms with Crippen LogP contribution >= 0.6 is 0 Å². The summed E-state index contributed by atoms with van der Waals surface area (Å²) >= 11 is 0. The maximum atomic E-state index is 12.4. The van der Waals surface area contributed by atoms with Gasteiger partial charge in [-0.15, -0.1) is 0 Å². The molecule has 102 valence electrons. The second-order valence-corrected chi connectivity index (χ2v) is 5.39. The molecule has 5 nitrogen and oxygen atoms in total. The Morgan fingerprint density at radius 3 is 2.53 bits per heavy atom. The van der Waals surface area contributed by atoms with E-state index < -0.39 is 5.97 Å². The average Bonchev–Trinajstić information content (AvgIpc) is 2.37. The van der Waals surface area contributed by atoms with E-state index in [9.17, 15) is 9.59 Å². The molecule has 0 bridgehead atoms. The van der Waals surface area contributed by atoms with Crippen LogP contribution in [-0.4, -0.2) is 40.0 Å². The SMILES string of the molecule is CC1CC(C)CN(C(=O)c2ccnc(C(=O)O)c2)C1. The Morgan fingerprint density at radius 2 is 1.95 bits per heavy atom. The summed E-state index contributed by atoms with van der Waals surface area (Å²) in [4.78, 5) is 28.8. The molecule has 1 aliphatic heterocycles. The van der Waals surface area contributed by atoms with Gasteiger partial charge in [-0.25, -0.2) is 9.78 Å². The van der Waals surface area contributed by atoms with Gasteiger partial charge in [-0.2, -0.15) is 0 Å². The van der Waals surface area contributed by atoms with Crippen LogP contribution in [0.2, 0.25) is 0 Å². The summed E-state index contributed by atoms with van der Waals surface area (Å²) in [5, 5.41) is 8.90. The van der Waals surface area contributed by atoms with E-state index >= 15 is 0 Å². The third-order valence-corrected chi connectivity index (χ3v) is 3.38. The quantitative estimate of drug-likeness (QED) is 0.883. The third kappa shape index (κ3) is 3.10. The van der Waals surface area contributed by atoms with E-state index in [-0.39, 0.29) is 11.6 Å². The zero-order chi connectivity index (χ0) is 14.0. The number of aromatic carboxylic acids is 1. The third-order valence-electron chi connectivity index (χ3n) is 3.38. The highest BCUT2D eigenvalue weighted by Gasteiger charge is 2.26. The fraction of sp³-hybridized carbons (Fsp3) is 0.500. The van der Waals surface area contributed by atoms with E-state index in [4.69, 9.17) is 5.11 Å². The van der Waals surface area contributed by atoms with Crippen LogP contribution in [-0.2, 0) is 0 Å². The number of rotatable bonds is 2. The van der Waals surface area contributed by atoms with Crippen LogP contribution in [0, 0.1) is 11.8 Å². The monoisotopic (exact) mass is 262 g/mol. The van der Waals surface area contributed by atoms with Gasteiger partial charge in [0, 0.05) is 24.8 Å². The van der Waals surface area contributed by atoms with Crippen LogP contribution in [0.3, 0.4) is 0 Å². The van der Waals surface area contributed by atoms with Crippen molar-refractivity contribution in [1.29, 1.82) is 0 Å². The molecule has 2 heterocycles. The molecule has 1 N–H and O–H groups in total. The molecule has 2 rings (SSSR count). The normalized spacial score (nSPS) is 23.2. The molecule has 1 aromatic rings. The lowest BCUT2D eigenvalue weighted by Gasteiger charge is -2.35. The highest BCUT2D eigenvalue weighted by molar-refractivity contribution is 5.96. The van der Waals surface area contributed by atoms with Crippen LogP contribution in [0.15, 0.2) is 18.3 Å². The average molecular weight is 262 g/mol. The maximum Gasteiger partial charge on any atom is 0.354 e. The molecule has 19 heavy (non-hydrogen) atoms. The Hall–Kier alpha value is -1.91. The summed E-state index contributed by atoms with van der Waals surface area (Å²) in [6.45, 7) is 5.72. The van der Waals surface area contributed by atoms with Crippen molar-refractivity contribution >= 4 is 11.9 Å². The number of carbonyl (C=O) groups excluding carboxylic acids is 1. The first-order valence-corrected chi connectivity index (χ1v) is 6.46. The van der Waals surface area contributed by atoms with Crippen LogP contribution < -0.4 is 0 Å². The summed E-state index contributed by atoms with van der Waals surface area (Å²) in [6.07, 6.45) is 2.49. The molecule has 1 saturated heterocycles. The predicted molar refractivity (Wildman–Crippen MR) is 70.0 cm³/mol. The second kappa shape index (κ2) is 5.38. The Kier molecular flexibility index (Phi) is 3.83. The topological polar surface area (TPSA) is 70.5 Å². The van der Waals surface area contributed by atoms with Crippen LogP contribution in [0.5, 0.6) is 0 Å². The molecule has 1 amide bonds. The molecule has 1 fully saturated rings. The number of likely N-dealkylation sites (tertiary alicyclic amines) is 1. The van der Waals surface area contributed by atoms with Gasteiger partial charge in [-0.1, -0.05) is 13.8 Å². The molecule has 0 radical (unpaired) electrons. The van der Waals surface area contributed by atoms with Gasteiger partial charge in [0.15, 0.2) is 0 Å². The summed E-state index contributed by atoms with van der Waals surface area (Å²) < 4.78 is 0. The summed E-state index contributed by atoms with van der Waals surface area (Å²) in [5.41, 5.74) is 0.303. The number of carbonyl (C=O) groups is 2. The van der Waals surface area contributed by atoms with Gasteiger partial charge >= 0.3 is 5.97 Å². The Balaban J connectivity index is 2.19. The van der Waals surface area contributed by atoms with Crippen molar-refractivity contribution in [2.24, 2.45) is 11.8 Å². The number of hydrogen-bond acceptors (Lipinski definition) is 3. The van der Waals surface area contributed by atoms with Crippen molar-refractivity contribution < 1.29 is 14.7 Å². The summed E-state index contributed by atoms with van der Waals surface area (Å²) in [5.74, 6) is -0.264. The first kappa shape index (κ1) is 13.5. The first-order valence-electron chi connectivity index (χ1n) is 6.46. The van der Waals surface area contributed by atoms with E-state index in [0.29, 0.717) is 17.4 Å². The molecule has 0 saturated carbocycles. The fourth-order valence-electron chi connectivity index (χ4n) is 2.69. The van der Waals surface area contributed by atoms with Gasteiger partial charge in [-0.05, 0) is 30.4 Å². The van der Waals surface area contributed by atoms with Crippen molar-refractivity contribution in [3.05, 3.63) is 29.6 Å². The zero-order valence-corrected chi connectivity index (χ0v) is 11.2. The molecule has 0 spiro atoms. The van der Waals surface area contributed by atoms with Crippen LogP contribution in [0.25, 0.3) is 0 Å². The van der Waals surface area contributed by atoms with Gasteiger partial charge in [0.25, 0.3) is 5.91 Å². The fourth-order valence-corrected chi connectivity index (χ4v) is 2.69. The van der Waals surface area contributed by atoms with E-state index in [1.54, 1.807) is 11.0 Å². The molecule has 1 aromatic heterocycles. The van der Waals surface area contributed by atoms with E-state index in [1.807, 2.05) is 0 Å². The van der Waals surface area contributed by atoms with E-state index in [2.05, 4.69) is 18.8 Å². The van der Waals surface area contributed by atoms with Crippen molar-refractivity contribution in [2.45, 2.75) is 20.3 Å². The Morgan fingerprint density at radius 1 is 1.32 bits per heavy atom. The number of amides is 1. The van der Waals surface area contributed by atoms with E-state index in [1.165, 1.54) is 12.3 Å². The minimum absolute atomic E-state index is 0.0936. The number of carboxylic acids is 1. The Labute approximate surface area is 112 Å². The van der Waals surface area contributed by atoms with Gasteiger partial charge in [0.2, 0.25) is 0 Å². The molecule has 2 unspecified atom stereocenters. The van der Waals surface area contributed by atoms with Crippen LogP contribution in [0.1, 0.15) is 41.1 Å². The maximum absolute atomic E-state index is 12.4. The summed E-state index contributed by atoms with van der Waals surface area (Å²) in [7, 11) is 0. The number of aromatic nitrogens is 1. The van der Waals surface area contributed by atoms with Gasteiger partial charge in [0.05, 0.1) is 0 Å². The molecule has 5 heteroatoms. The highest BCUT2D eigenvalue weighted by atomic mass is 16.4. The number of nitrogens with zero attached hydrogens (tertiary/aromatic N) is 2. The molecule has 2 atom stereocenters. The number of pyridine rings is 1. The molecule has 0 aromatic carbocycles. The van der Waals surface area contributed by atoms with Crippen LogP contribution in [0.4, 0.5) is 0 Å². The molecular weight excluding hydrogens is 244 g/mol. The lowest BCUT2D eigenvalue weighted by molar-refractivity contribution is 0.0623. The van der Waals surface area contributed by atoms with Crippen molar-refractivity contribution in [3.63, 3.8) is 0 Å². The first-order chi connectivity index (χ1) is 8.97. The lowest BCUT2D eigenvalue weighted by Crippen LogP contribution is -2.42. The van der Waals surface area contributed by atoms with Crippen molar-refractivity contribution in [2.75, 3.05) is 13.1 Å². The standard InChI is InChI=1S/C14H18N2O3/c1-9-5-10(2)8-16(7-9)13(17)11-3-4-15-12(6-11)14(18)19/h3-4,6,9-10H,5,7-8H2,1-2H3,(H,18,19). The second-order valence-electron chi connectivity index (χ2n) is 5.39. The molecule has 1 aliphatic rings. The van der Waals surface area contributed by atoms with E-state index in [0.717, 1.165) is 19.5 Å². The smallest absolute Gasteiger partial charge is 0.354 e. The number of hydrogen-bond donors (Lipinski definition) is 1. The van der Waals surface area contributed by atoms with Gasteiger partial charge in [0.1, 0.15) is 5.69 Å².